The quantitative estimate of drug-likeness (QED) is 0.756. The van der Waals surface area contributed by atoms with E-state index in [4.69, 9.17) is 5.73 Å². The topological polar surface area (TPSA) is 29.3 Å². The van der Waals surface area contributed by atoms with Gasteiger partial charge in [0.15, 0.2) is 0 Å². The monoisotopic (exact) mass is 210 g/mol. The van der Waals surface area contributed by atoms with Crippen LogP contribution in [0.5, 0.6) is 0 Å². The molecule has 2 fully saturated rings. The summed E-state index contributed by atoms with van der Waals surface area (Å²) in [6.07, 6.45) is 4.02. The summed E-state index contributed by atoms with van der Waals surface area (Å²) >= 11 is 0. The molecule has 1 heterocycles. The van der Waals surface area contributed by atoms with Crippen LogP contribution >= 0.6 is 0 Å². The number of likely N-dealkylation sites (tertiary alicyclic amines) is 1. The first-order valence-corrected chi connectivity index (χ1v) is 6.47. The van der Waals surface area contributed by atoms with Crippen LogP contribution in [0.3, 0.4) is 0 Å². The van der Waals surface area contributed by atoms with Crippen LogP contribution in [0, 0.1) is 17.3 Å². The van der Waals surface area contributed by atoms with Crippen molar-refractivity contribution in [3.05, 3.63) is 0 Å². The van der Waals surface area contributed by atoms with Gasteiger partial charge in [-0.1, -0.05) is 20.8 Å². The lowest BCUT2D eigenvalue weighted by Gasteiger charge is -2.29. The van der Waals surface area contributed by atoms with Crippen molar-refractivity contribution in [2.24, 2.45) is 23.0 Å². The van der Waals surface area contributed by atoms with E-state index in [2.05, 4.69) is 25.7 Å². The summed E-state index contributed by atoms with van der Waals surface area (Å²) in [6, 6.07) is 0.411. The molecule has 0 radical (unpaired) electrons. The Labute approximate surface area is 94.2 Å². The molecule has 2 heteroatoms. The van der Waals surface area contributed by atoms with E-state index < -0.39 is 0 Å². The van der Waals surface area contributed by atoms with Crippen LogP contribution in [0.1, 0.15) is 40.0 Å². The molecule has 3 unspecified atom stereocenters. The smallest absolute Gasteiger partial charge is 0.0131 e. The van der Waals surface area contributed by atoms with Gasteiger partial charge in [0, 0.05) is 19.1 Å². The zero-order valence-corrected chi connectivity index (χ0v) is 10.5. The summed E-state index contributed by atoms with van der Waals surface area (Å²) < 4.78 is 0. The van der Waals surface area contributed by atoms with Crippen molar-refractivity contribution in [1.29, 1.82) is 0 Å². The van der Waals surface area contributed by atoms with E-state index in [1.807, 2.05) is 0 Å². The van der Waals surface area contributed by atoms with Gasteiger partial charge < -0.3 is 10.6 Å². The largest absolute Gasteiger partial charge is 0.327 e. The van der Waals surface area contributed by atoms with Gasteiger partial charge in [-0.3, -0.25) is 0 Å². The average molecular weight is 210 g/mol. The number of nitrogens with zero attached hydrogens (tertiary/aromatic N) is 1. The lowest BCUT2D eigenvalue weighted by molar-refractivity contribution is 0.230. The molecule has 0 aromatic heterocycles. The molecule has 0 bridgehead atoms. The maximum atomic E-state index is 6.34. The van der Waals surface area contributed by atoms with E-state index in [1.54, 1.807) is 0 Å². The van der Waals surface area contributed by atoms with E-state index >= 15 is 0 Å². The van der Waals surface area contributed by atoms with Crippen LogP contribution in [-0.4, -0.2) is 30.6 Å². The Morgan fingerprint density at radius 1 is 1.33 bits per heavy atom. The molecule has 0 aromatic rings. The van der Waals surface area contributed by atoms with Crippen LogP contribution in [0.25, 0.3) is 0 Å². The van der Waals surface area contributed by atoms with Crippen LogP contribution in [-0.2, 0) is 0 Å². The fraction of sp³-hybridized carbons (Fsp3) is 1.00. The molecule has 0 aromatic carbocycles. The Morgan fingerprint density at radius 3 is 2.53 bits per heavy atom. The lowest BCUT2D eigenvalue weighted by Crippen LogP contribution is -2.41. The number of hydrogen-bond acceptors (Lipinski definition) is 2. The predicted octanol–water partition coefficient (Wildman–Crippen LogP) is 2.09. The van der Waals surface area contributed by atoms with Gasteiger partial charge in [-0.15, -0.1) is 0 Å². The van der Waals surface area contributed by atoms with Crippen molar-refractivity contribution in [3.8, 4) is 0 Å². The Bertz CT molecular complexity index is 225. The second kappa shape index (κ2) is 4.06. The minimum atomic E-state index is 0.371. The maximum Gasteiger partial charge on any atom is 0.0131 e. The van der Waals surface area contributed by atoms with Gasteiger partial charge >= 0.3 is 0 Å². The molecule has 0 amide bonds. The van der Waals surface area contributed by atoms with Gasteiger partial charge in [-0.05, 0) is 43.1 Å². The second-order valence-corrected chi connectivity index (χ2v) is 6.47. The van der Waals surface area contributed by atoms with E-state index in [0.717, 1.165) is 11.8 Å². The van der Waals surface area contributed by atoms with Gasteiger partial charge in [0.25, 0.3) is 0 Å². The Balaban J connectivity index is 1.86. The highest BCUT2D eigenvalue weighted by atomic mass is 15.1. The standard InChI is InChI=1S/C13H26N2/c1-10-5-7-15(8-10)9-11-4-6-13(2,3)12(11)14/h10-12H,4-9,14H2,1-3H3. The summed E-state index contributed by atoms with van der Waals surface area (Å²) in [7, 11) is 0. The summed E-state index contributed by atoms with van der Waals surface area (Å²) in [5, 5.41) is 0. The van der Waals surface area contributed by atoms with Gasteiger partial charge in [0.05, 0.1) is 0 Å². The highest BCUT2D eigenvalue weighted by molar-refractivity contribution is 4.95. The number of nitrogens with two attached hydrogens (primary N) is 1. The predicted molar refractivity (Wildman–Crippen MR) is 64.7 cm³/mol. The molecule has 2 aliphatic rings. The summed E-state index contributed by atoms with van der Waals surface area (Å²) in [5.74, 6) is 1.64. The van der Waals surface area contributed by atoms with Crippen molar-refractivity contribution < 1.29 is 0 Å². The van der Waals surface area contributed by atoms with Gasteiger partial charge in [0.2, 0.25) is 0 Å². The molecule has 1 saturated heterocycles. The molecule has 3 atom stereocenters. The first kappa shape index (κ1) is 11.4. The van der Waals surface area contributed by atoms with E-state index in [9.17, 15) is 0 Å². The van der Waals surface area contributed by atoms with Crippen molar-refractivity contribution >= 4 is 0 Å². The van der Waals surface area contributed by atoms with E-state index in [0.29, 0.717) is 11.5 Å². The highest BCUT2D eigenvalue weighted by Crippen LogP contribution is 2.40. The Kier molecular flexibility index (Phi) is 3.09. The van der Waals surface area contributed by atoms with Crippen molar-refractivity contribution in [2.75, 3.05) is 19.6 Å². The first-order valence-electron chi connectivity index (χ1n) is 6.47. The molecule has 2 rings (SSSR count). The molecular weight excluding hydrogens is 184 g/mol. The van der Waals surface area contributed by atoms with Crippen molar-refractivity contribution in [1.82, 2.24) is 4.90 Å². The van der Waals surface area contributed by atoms with Gasteiger partial charge in [-0.25, -0.2) is 0 Å². The Hall–Kier alpha value is -0.0800. The second-order valence-electron chi connectivity index (χ2n) is 6.47. The lowest BCUT2D eigenvalue weighted by atomic mass is 9.85. The van der Waals surface area contributed by atoms with Crippen LogP contribution in [0.15, 0.2) is 0 Å². The van der Waals surface area contributed by atoms with Crippen LogP contribution in [0.4, 0.5) is 0 Å². The van der Waals surface area contributed by atoms with Gasteiger partial charge in [0.1, 0.15) is 0 Å². The fourth-order valence-electron chi connectivity index (χ4n) is 3.27. The number of rotatable bonds is 2. The third kappa shape index (κ3) is 2.36. The van der Waals surface area contributed by atoms with E-state index in [-0.39, 0.29) is 0 Å². The maximum absolute atomic E-state index is 6.34. The zero-order chi connectivity index (χ0) is 11.1. The van der Waals surface area contributed by atoms with Crippen LogP contribution in [0.2, 0.25) is 0 Å². The average Bonchev–Trinajstić information content (AvgIpc) is 2.66. The molecular formula is C13H26N2. The molecule has 0 spiro atoms. The minimum Gasteiger partial charge on any atom is -0.327 e. The molecule has 2 N–H and O–H groups in total. The van der Waals surface area contributed by atoms with Gasteiger partial charge in [-0.2, -0.15) is 0 Å². The number of hydrogen-bond donors (Lipinski definition) is 1. The van der Waals surface area contributed by atoms with E-state index in [1.165, 1.54) is 38.9 Å². The minimum absolute atomic E-state index is 0.371. The molecule has 88 valence electrons. The summed E-state index contributed by atoms with van der Waals surface area (Å²) in [5.41, 5.74) is 6.71. The zero-order valence-electron chi connectivity index (χ0n) is 10.5. The molecule has 1 saturated carbocycles. The molecule has 2 nitrogen and oxygen atoms in total. The summed E-state index contributed by atoms with van der Waals surface area (Å²) in [6.45, 7) is 10.8. The first-order chi connectivity index (χ1) is 6.99. The van der Waals surface area contributed by atoms with Crippen molar-refractivity contribution in [3.63, 3.8) is 0 Å². The normalized spacial score (nSPS) is 41.2. The molecule has 15 heavy (non-hydrogen) atoms. The third-order valence-electron chi connectivity index (χ3n) is 4.57. The van der Waals surface area contributed by atoms with Crippen LogP contribution < -0.4 is 5.73 Å². The summed E-state index contributed by atoms with van der Waals surface area (Å²) in [4.78, 5) is 2.62. The molecule has 1 aliphatic carbocycles. The SMILES string of the molecule is CC1CCN(CC2CCC(C)(C)C2N)C1. The molecule has 1 aliphatic heterocycles. The fourth-order valence-corrected chi connectivity index (χ4v) is 3.27. The van der Waals surface area contributed by atoms with Crippen molar-refractivity contribution in [2.45, 2.75) is 46.1 Å². The third-order valence-corrected chi connectivity index (χ3v) is 4.57. The Morgan fingerprint density at radius 2 is 2.07 bits per heavy atom. The highest BCUT2D eigenvalue weighted by Gasteiger charge is 2.40.